The van der Waals surface area contributed by atoms with E-state index in [0.29, 0.717) is 49.2 Å². The fourth-order valence-corrected chi connectivity index (χ4v) is 3.22. The molecule has 0 aliphatic carbocycles. The summed E-state index contributed by atoms with van der Waals surface area (Å²) in [5.74, 6) is 1.59. The molecule has 1 aliphatic heterocycles. The van der Waals surface area contributed by atoms with E-state index in [4.69, 9.17) is 4.74 Å². The molecule has 4 rings (SSSR count). The van der Waals surface area contributed by atoms with Gasteiger partial charge in [0, 0.05) is 49.9 Å². The van der Waals surface area contributed by atoms with Gasteiger partial charge >= 0.3 is 0 Å². The molecule has 0 spiro atoms. The first-order chi connectivity index (χ1) is 14.6. The van der Waals surface area contributed by atoms with Crippen LogP contribution in [0.25, 0.3) is 0 Å². The zero-order chi connectivity index (χ0) is 20.9. The van der Waals surface area contributed by atoms with Crippen LogP contribution in [0.1, 0.15) is 10.4 Å². The number of hydrogen-bond donors (Lipinski definition) is 0. The van der Waals surface area contributed by atoms with Crippen molar-refractivity contribution < 1.29 is 14.5 Å². The van der Waals surface area contributed by atoms with Gasteiger partial charge in [-0.05, 0) is 24.3 Å². The molecular weight excluding hydrogens is 386 g/mol. The van der Waals surface area contributed by atoms with Gasteiger partial charge in [0.15, 0.2) is 5.82 Å². The highest BCUT2D eigenvalue weighted by atomic mass is 16.6. The van der Waals surface area contributed by atoms with Crippen molar-refractivity contribution in [1.82, 2.24) is 15.1 Å². The van der Waals surface area contributed by atoms with Crippen molar-refractivity contribution in [2.45, 2.75) is 0 Å². The van der Waals surface area contributed by atoms with Crippen LogP contribution in [0.4, 0.5) is 11.5 Å². The largest absolute Gasteiger partial charge is 0.438 e. The lowest BCUT2D eigenvalue weighted by atomic mass is 10.1. The highest BCUT2D eigenvalue weighted by Gasteiger charge is 2.24. The maximum Gasteiger partial charge on any atom is 0.270 e. The Morgan fingerprint density at radius 1 is 0.933 bits per heavy atom. The predicted molar refractivity (Wildman–Crippen MR) is 110 cm³/mol. The van der Waals surface area contributed by atoms with Gasteiger partial charge in [0.05, 0.1) is 4.92 Å². The average molecular weight is 405 g/mol. The third-order valence-corrected chi connectivity index (χ3v) is 4.79. The summed E-state index contributed by atoms with van der Waals surface area (Å²) in [6.07, 6.45) is 0. The lowest BCUT2D eigenvalue weighted by molar-refractivity contribution is -0.384. The normalized spacial score (nSPS) is 13.7. The molecule has 30 heavy (non-hydrogen) atoms. The standard InChI is InChI=1S/C21H19N5O4/c27-21(16-5-4-6-17(15-16)26(28)29)25-13-11-24(12-14-25)19-9-10-20(23-22-19)30-18-7-2-1-3-8-18/h1-10,15H,11-14H2. The van der Waals surface area contributed by atoms with Crippen molar-refractivity contribution in [2.75, 3.05) is 31.1 Å². The van der Waals surface area contributed by atoms with E-state index < -0.39 is 4.92 Å². The second kappa shape index (κ2) is 8.56. The van der Waals surface area contributed by atoms with Crippen molar-refractivity contribution in [2.24, 2.45) is 0 Å². The third kappa shape index (κ3) is 4.35. The molecule has 1 aromatic heterocycles. The van der Waals surface area contributed by atoms with Gasteiger partial charge in [-0.25, -0.2) is 0 Å². The summed E-state index contributed by atoms with van der Waals surface area (Å²) in [5.41, 5.74) is 0.229. The number of benzene rings is 2. The van der Waals surface area contributed by atoms with Crippen LogP contribution in [0.2, 0.25) is 0 Å². The van der Waals surface area contributed by atoms with Gasteiger partial charge in [0.25, 0.3) is 11.6 Å². The molecule has 3 aromatic rings. The number of hydrogen-bond acceptors (Lipinski definition) is 7. The third-order valence-electron chi connectivity index (χ3n) is 4.79. The Labute approximate surface area is 172 Å². The number of carbonyl (C=O) groups excluding carboxylic acids is 1. The Hall–Kier alpha value is -4.01. The molecule has 152 valence electrons. The van der Waals surface area contributed by atoms with Gasteiger partial charge in [0.2, 0.25) is 5.88 Å². The summed E-state index contributed by atoms with van der Waals surface area (Å²) in [5, 5.41) is 19.3. The van der Waals surface area contributed by atoms with E-state index >= 15 is 0 Å². The smallest absolute Gasteiger partial charge is 0.270 e. The monoisotopic (exact) mass is 405 g/mol. The van der Waals surface area contributed by atoms with E-state index in [0.717, 1.165) is 0 Å². The number of piperazine rings is 1. The molecule has 1 aliphatic rings. The summed E-state index contributed by atoms with van der Waals surface area (Å²) in [6, 6.07) is 18.8. The van der Waals surface area contributed by atoms with Crippen LogP contribution in [-0.2, 0) is 0 Å². The number of para-hydroxylation sites is 1. The number of nitrogens with zero attached hydrogens (tertiary/aromatic N) is 5. The Morgan fingerprint density at radius 2 is 1.70 bits per heavy atom. The van der Waals surface area contributed by atoms with E-state index in [9.17, 15) is 14.9 Å². The Bertz CT molecular complexity index is 1030. The molecule has 9 heteroatoms. The van der Waals surface area contributed by atoms with Gasteiger partial charge in [-0.2, -0.15) is 0 Å². The van der Waals surface area contributed by atoms with Crippen LogP contribution in [0.3, 0.4) is 0 Å². The minimum absolute atomic E-state index is 0.0902. The molecule has 1 fully saturated rings. The molecular formula is C21H19N5O4. The van der Waals surface area contributed by atoms with Gasteiger partial charge in [-0.15, -0.1) is 10.2 Å². The van der Waals surface area contributed by atoms with Crippen molar-refractivity contribution >= 4 is 17.4 Å². The molecule has 2 aromatic carbocycles. The molecule has 0 radical (unpaired) electrons. The van der Waals surface area contributed by atoms with Crippen LogP contribution in [0, 0.1) is 10.1 Å². The van der Waals surface area contributed by atoms with Crippen molar-refractivity contribution in [3.63, 3.8) is 0 Å². The SMILES string of the molecule is O=C(c1cccc([N+](=O)[O-])c1)N1CCN(c2ccc(Oc3ccccc3)nn2)CC1. The molecule has 0 atom stereocenters. The van der Waals surface area contributed by atoms with E-state index in [1.807, 2.05) is 41.3 Å². The molecule has 0 unspecified atom stereocenters. The fraction of sp³-hybridized carbons (Fsp3) is 0.190. The topological polar surface area (TPSA) is 102 Å². The minimum Gasteiger partial charge on any atom is -0.438 e. The maximum absolute atomic E-state index is 12.7. The molecule has 1 saturated heterocycles. The first-order valence-corrected chi connectivity index (χ1v) is 9.45. The predicted octanol–water partition coefficient (Wildman–Crippen LogP) is 3.14. The van der Waals surface area contributed by atoms with E-state index in [1.54, 1.807) is 17.0 Å². The summed E-state index contributed by atoms with van der Waals surface area (Å²) < 4.78 is 5.65. The van der Waals surface area contributed by atoms with Gasteiger partial charge < -0.3 is 14.5 Å². The van der Waals surface area contributed by atoms with Crippen molar-refractivity contribution in [3.05, 3.63) is 82.4 Å². The number of ether oxygens (including phenoxy) is 1. The van der Waals surface area contributed by atoms with Crippen molar-refractivity contribution in [3.8, 4) is 11.6 Å². The summed E-state index contributed by atoms with van der Waals surface area (Å²) in [7, 11) is 0. The zero-order valence-electron chi connectivity index (χ0n) is 16.0. The van der Waals surface area contributed by atoms with Gasteiger partial charge in [-0.3, -0.25) is 14.9 Å². The molecule has 2 heterocycles. The first kappa shape index (κ1) is 19.3. The number of carbonyl (C=O) groups is 1. The van der Waals surface area contributed by atoms with Crippen LogP contribution >= 0.6 is 0 Å². The second-order valence-electron chi connectivity index (χ2n) is 6.73. The number of nitro groups is 1. The first-order valence-electron chi connectivity index (χ1n) is 9.45. The summed E-state index contributed by atoms with van der Waals surface area (Å²) in [6.45, 7) is 2.17. The van der Waals surface area contributed by atoms with E-state index in [-0.39, 0.29) is 11.6 Å². The zero-order valence-corrected chi connectivity index (χ0v) is 16.0. The maximum atomic E-state index is 12.7. The van der Waals surface area contributed by atoms with Gasteiger partial charge in [-0.1, -0.05) is 24.3 Å². The number of anilines is 1. The summed E-state index contributed by atoms with van der Waals surface area (Å²) >= 11 is 0. The van der Waals surface area contributed by atoms with Crippen LogP contribution in [-0.4, -0.2) is 52.1 Å². The molecule has 1 amide bonds. The van der Waals surface area contributed by atoms with E-state index in [1.165, 1.54) is 18.2 Å². The number of amides is 1. The van der Waals surface area contributed by atoms with Crippen LogP contribution < -0.4 is 9.64 Å². The Balaban J connectivity index is 1.35. The molecule has 0 saturated carbocycles. The number of non-ortho nitro benzene ring substituents is 1. The average Bonchev–Trinajstić information content (AvgIpc) is 2.80. The van der Waals surface area contributed by atoms with E-state index in [2.05, 4.69) is 10.2 Å². The van der Waals surface area contributed by atoms with Crippen LogP contribution in [0.15, 0.2) is 66.7 Å². The number of rotatable bonds is 5. The minimum atomic E-state index is -0.501. The van der Waals surface area contributed by atoms with Crippen LogP contribution in [0.5, 0.6) is 11.6 Å². The lowest BCUT2D eigenvalue weighted by Gasteiger charge is -2.35. The second-order valence-corrected chi connectivity index (χ2v) is 6.73. The summed E-state index contributed by atoms with van der Waals surface area (Å²) in [4.78, 5) is 26.8. The number of nitro benzene ring substituents is 1. The quantitative estimate of drug-likeness (QED) is 0.475. The van der Waals surface area contributed by atoms with Gasteiger partial charge in [0.1, 0.15) is 5.75 Å². The highest BCUT2D eigenvalue weighted by Crippen LogP contribution is 2.21. The number of aromatic nitrogens is 2. The highest BCUT2D eigenvalue weighted by molar-refractivity contribution is 5.95. The molecule has 0 N–H and O–H groups in total. The molecule has 9 nitrogen and oxygen atoms in total. The fourth-order valence-electron chi connectivity index (χ4n) is 3.22. The lowest BCUT2D eigenvalue weighted by Crippen LogP contribution is -2.49. The molecule has 0 bridgehead atoms. The Morgan fingerprint density at radius 3 is 2.37 bits per heavy atom. The Kier molecular flexibility index (Phi) is 5.51. The van der Waals surface area contributed by atoms with Crippen molar-refractivity contribution in [1.29, 1.82) is 0 Å².